The molecule has 2 aromatic carbocycles. The van der Waals surface area contributed by atoms with Crippen LogP contribution in [0.4, 0.5) is 0 Å². The Hall–Kier alpha value is -2.45. The van der Waals surface area contributed by atoms with Gasteiger partial charge in [0.15, 0.2) is 14.6 Å². The van der Waals surface area contributed by atoms with Crippen molar-refractivity contribution in [1.29, 1.82) is 0 Å². The van der Waals surface area contributed by atoms with Crippen molar-refractivity contribution in [3.63, 3.8) is 0 Å². The fourth-order valence-corrected chi connectivity index (χ4v) is 5.24. The van der Waals surface area contributed by atoms with Crippen molar-refractivity contribution in [1.82, 2.24) is 4.57 Å². The summed E-state index contributed by atoms with van der Waals surface area (Å²) in [7, 11) is -1.56. The van der Waals surface area contributed by atoms with Crippen LogP contribution in [0.15, 0.2) is 53.5 Å². The lowest BCUT2D eigenvalue weighted by Crippen LogP contribution is -2.16. The fraction of sp³-hybridized carbons (Fsp3) is 0.300. The van der Waals surface area contributed by atoms with Gasteiger partial charge in [0.2, 0.25) is 5.91 Å². The van der Waals surface area contributed by atoms with Crippen molar-refractivity contribution in [2.24, 2.45) is 12.0 Å². The van der Waals surface area contributed by atoms with Gasteiger partial charge in [-0.05, 0) is 24.6 Å². The van der Waals surface area contributed by atoms with Crippen LogP contribution in [-0.4, -0.2) is 31.3 Å². The van der Waals surface area contributed by atoms with Crippen LogP contribution in [0.1, 0.15) is 18.9 Å². The summed E-state index contributed by atoms with van der Waals surface area (Å²) in [5.41, 5.74) is 1.59. The number of carbonyl (C=O) groups excluding carboxylic acids is 1. The molecule has 8 heteroatoms. The zero-order valence-electron chi connectivity index (χ0n) is 15.8. The Morgan fingerprint density at radius 1 is 1.14 bits per heavy atom. The van der Waals surface area contributed by atoms with Crippen LogP contribution in [-0.2, 0) is 27.4 Å². The third-order valence-corrected chi connectivity index (χ3v) is 6.86. The standard InChI is InChI=1S/C20H22N2O4S2/c1-3-26-16-10-7-11-17-19(16)22(2)20(27-17)21-18(23)12-13-28(24,25)14-15-8-5-4-6-9-15/h4-11H,3,12-14H2,1-2H3. The van der Waals surface area contributed by atoms with E-state index in [4.69, 9.17) is 4.74 Å². The molecule has 0 atom stereocenters. The van der Waals surface area contributed by atoms with E-state index in [1.807, 2.05) is 38.2 Å². The van der Waals surface area contributed by atoms with E-state index in [1.165, 1.54) is 11.3 Å². The van der Waals surface area contributed by atoms with Crippen molar-refractivity contribution in [2.45, 2.75) is 19.1 Å². The molecule has 1 heterocycles. The normalized spacial score (nSPS) is 12.4. The maximum absolute atomic E-state index is 12.3. The Bertz CT molecular complexity index is 1150. The Morgan fingerprint density at radius 3 is 2.61 bits per heavy atom. The fourth-order valence-electron chi connectivity index (χ4n) is 2.85. The van der Waals surface area contributed by atoms with Gasteiger partial charge >= 0.3 is 0 Å². The summed E-state index contributed by atoms with van der Waals surface area (Å²) in [4.78, 5) is 16.9. The molecule has 6 nitrogen and oxygen atoms in total. The van der Waals surface area contributed by atoms with E-state index in [2.05, 4.69) is 4.99 Å². The number of carbonyl (C=O) groups is 1. The van der Waals surface area contributed by atoms with E-state index in [0.29, 0.717) is 17.0 Å². The second-order valence-electron chi connectivity index (χ2n) is 6.31. The lowest BCUT2D eigenvalue weighted by Gasteiger charge is -2.05. The Kier molecular flexibility index (Phi) is 6.31. The molecular formula is C20H22N2O4S2. The summed E-state index contributed by atoms with van der Waals surface area (Å²) < 4.78 is 32.9. The first-order chi connectivity index (χ1) is 13.4. The zero-order valence-corrected chi connectivity index (χ0v) is 17.4. The van der Waals surface area contributed by atoms with Crippen molar-refractivity contribution < 1.29 is 17.9 Å². The molecule has 0 aliphatic heterocycles. The number of rotatable bonds is 7. The Balaban J connectivity index is 1.76. The van der Waals surface area contributed by atoms with Crippen LogP contribution in [0.25, 0.3) is 10.2 Å². The van der Waals surface area contributed by atoms with Gasteiger partial charge in [0.05, 0.1) is 22.8 Å². The minimum absolute atomic E-state index is 0.0739. The maximum atomic E-state index is 12.3. The number of fused-ring (bicyclic) bond motifs is 1. The molecule has 0 N–H and O–H groups in total. The smallest absolute Gasteiger partial charge is 0.249 e. The van der Waals surface area contributed by atoms with E-state index in [9.17, 15) is 13.2 Å². The third-order valence-electron chi connectivity index (χ3n) is 4.16. The number of amides is 1. The molecule has 1 aromatic heterocycles. The van der Waals surface area contributed by atoms with Crippen molar-refractivity contribution in [3.8, 4) is 5.75 Å². The van der Waals surface area contributed by atoms with Gasteiger partial charge in [-0.3, -0.25) is 4.79 Å². The zero-order chi connectivity index (χ0) is 20.1. The highest BCUT2D eigenvalue weighted by atomic mass is 32.2. The molecule has 0 aliphatic carbocycles. The average Bonchev–Trinajstić information content (AvgIpc) is 2.97. The maximum Gasteiger partial charge on any atom is 0.249 e. The molecular weight excluding hydrogens is 396 g/mol. The number of ether oxygens (including phenoxy) is 1. The first-order valence-electron chi connectivity index (χ1n) is 8.93. The number of aryl methyl sites for hydroxylation is 1. The lowest BCUT2D eigenvalue weighted by atomic mass is 10.2. The predicted octanol–water partition coefficient (Wildman–Crippen LogP) is 3.07. The van der Waals surface area contributed by atoms with E-state index in [0.717, 1.165) is 16.0 Å². The molecule has 0 saturated carbocycles. The third kappa shape index (κ3) is 4.88. The number of benzene rings is 2. The van der Waals surface area contributed by atoms with Crippen molar-refractivity contribution in [2.75, 3.05) is 12.4 Å². The van der Waals surface area contributed by atoms with E-state index in [-0.39, 0.29) is 17.9 Å². The Labute approximate surface area is 168 Å². The highest BCUT2D eigenvalue weighted by Gasteiger charge is 2.15. The van der Waals surface area contributed by atoms with E-state index in [1.54, 1.807) is 28.8 Å². The second-order valence-corrected chi connectivity index (χ2v) is 9.51. The topological polar surface area (TPSA) is 77.7 Å². The number of hydrogen-bond donors (Lipinski definition) is 0. The molecule has 0 aliphatic rings. The molecule has 0 saturated heterocycles. The van der Waals surface area contributed by atoms with Crippen LogP contribution >= 0.6 is 11.3 Å². The van der Waals surface area contributed by atoms with Gasteiger partial charge in [0.1, 0.15) is 11.3 Å². The predicted molar refractivity (Wildman–Crippen MR) is 111 cm³/mol. The number of hydrogen-bond acceptors (Lipinski definition) is 5. The van der Waals surface area contributed by atoms with Gasteiger partial charge in [0.25, 0.3) is 0 Å². The quantitative estimate of drug-likeness (QED) is 0.591. The molecule has 0 unspecified atom stereocenters. The number of para-hydroxylation sites is 1. The molecule has 3 rings (SSSR count). The largest absolute Gasteiger partial charge is 0.492 e. The average molecular weight is 419 g/mol. The Morgan fingerprint density at radius 2 is 1.89 bits per heavy atom. The minimum atomic E-state index is -3.38. The summed E-state index contributed by atoms with van der Waals surface area (Å²) in [5.74, 6) is -0.00623. The van der Waals surface area contributed by atoms with Gasteiger partial charge < -0.3 is 9.30 Å². The summed E-state index contributed by atoms with van der Waals surface area (Å²) in [6, 6.07) is 14.7. The molecule has 28 heavy (non-hydrogen) atoms. The van der Waals surface area contributed by atoms with Crippen LogP contribution in [0.2, 0.25) is 0 Å². The first-order valence-corrected chi connectivity index (χ1v) is 11.6. The van der Waals surface area contributed by atoms with Crippen LogP contribution < -0.4 is 9.54 Å². The van der Waals surface area contributed by atoms with Gasteiger partial charge in [-0.25, -0.2) is 8.42 Å². The highest BCUT2D eigenvalue weighted by molar-refractivity contribution is 7.90. The number of nitrogens with zero attached hydrogens (tertiary/aromatic N) is 2. The van der Waals surface area contributed by atoms with Crippen molar-refractivity contribution >= 4 is 37.3 Å². The molecule has 1 amide bonds. The monoisotopic (exact) mass is 418 g/mol. The van der Waals surface area contributed by atoms with Gasteiger partial charge in [-0.1, -0.05) is 47.7 Å². The summed E-state index contributed by atoms with van der Waals surface area (Å²) >= 11 is 1.37. The molecule has 0 radical (unpaired) electrons. The van der Waals surface area contributed by atoms with Crippen molar-refractivity contribution in [3.05, 3.63) is 58.9 Å². The second kappa shape index (κ2) is 8.70. The van der Waals surface area contributed by atoms with Crippen LogP contribution in [0, 0.1) is 0 Å². The molecule has 0 bridgehead atoms. The SMILES string of the molecule is CCOc1cccc2sc(=NC(=O)CCS(=O)(=O)Cc3ccccc3)n(C)c12. The molecule has 0 spiro atoms. The van der Waals surface area contributed by atoms with E-state index >= 15 is 0 Å². The first kappa shape index (κ1) is 20.3. The lowest BCUT2D eigenvalue weighted by molar-refractivity contribution is -0.117. The van der Waals surface area contributed by atoms with Crippen LogP contribution in [0.3, 0.4) is 0 Å². The highest BCUT2D eigenvalue weighted by Crippen LogP contribution is 2.26. The van der Waals surface area contributed by atoms with Gasteiger partial charge in [-0.15, -0.1) is 0 Å². The van der Waals surface area contributed by atoms with E-state index < -0.39 is 15.7 Å². The summed E-state index contributed by atoms with van der Waals surface area (Å²) in [5, 5.41) is 0. The number of sulfone groups is 1. The number of thiazole rings is 1. The van der Waals surface area contributed by atoms with Gasteiger partial charge in [-0.2, -0.15) is 4.99 Å². The van der Waals surface area contributed by atoms with Crippen LogP contribution in [0.5, 0.6) is 5.75 Å². The number of aromatic nitrogens is 1. The molecule has 3 aromatic rings. The summed E-state index contributed by atoms with van der Waals surface area (Å²) in [6.45, 7) is 2.45. The minimum Gasteiger partial charge on any atom is -0.492 e. The molecule has 0 fully saturated rings. The van der Waals surface area contributed by atoms with Gasteiger partial charge in [0, 0.05) is 13.5 Å². The molecule has 148 valence electrons. The summed E-state index contributed by atoms with van der Waals surface area (Å²) in [6.07, 6.45) is -0.137.